The van der Waals surface area contributed by atoms with E-state index in [4.69, 9.17) is 21.1 Å². The first-order chi connectivity index (χ1) is 15.6. The number of benzene rings is 1. The zero-order valence-electron chi connectivity index (χ0n) is 17.9. The SMILES string of the molecule is Cn1c(=O)c(OC2=CCC(F)C=C2F)c2c3c1c(-c1ccccc1Cl)nn3C(=O)OC2(C)C. The van der Waals surface area contributed by atoms with Gasteiger partial charge in [-0.15, -0.1) is 0 Å². The molecule has 5 rings (SSSR count). The summed E-state index contributed by atoms with van der Waals surface area (Å²) in [5.74, 6) is -1.43. The third-order valence-electron chi connectivity index (χ3n) is 5.71. The van der Waals surface area contributed by atoms with Crippen molar-refractivity contribution < 1.29 is 23.0 Å². The summed E-state index contributed by atoms with van der Waals surface area (Å²) >= 11 is 6.38. The van der Waals surface area contributed by atoms with E-state index in [0.29, 0.717) is 21.8 Å². The molecule has 2 aliphatic rings. The lowest BCUT2D eigenvalue weighted by molar-refractivity contribution is 0.0288. The maximum absolute atomic E-state index is 14.4. The lowest BCUT2D eigenvalue weighted by atomic mass is 9.94. The molecule has 3 heterocycles. The van der Waals surface area contributed by atoms with Crippen LogP contribution in [0.5, 0.6) is 5.75 Å². The number of ether oxygens (including phenoxy) is 2. The molecular formula is C23H18ClF2N3O4. The number of rotatable bonds is 3. The van der Waals surface area contributed by atoms with Crippen LogP contribution in [-0.2, 0) is 17.4 Å². The minimum atomic E-state index is -1.47. The van der Waals surface area contributed by atoms with Gasteiger partial charge < -0.3 is 14.0 Å². The molecule has 170 valence electrons. The molecule has 33 heavy (non-hydrogen) atoms. The fraction of sp³-hybridized carbons (Fsp3) is 0.261. The van der Waals surface area contributed by atoms with Gasteiger partial charge in [-0.25, -0.2) is 13.6 Å². The van der Waals surface area contributed by atoms with Gasteiger partial charge in [-0.1, -0.05) is 29.8 Å². The number of cyclic esters (lactones) is 1. The Kier molecular flexibility index (Phi) is 4.72. The third-order valence-corrected chi connectivity index (χ3v) is 6.04. The van der Waals surface area contributed by atoms with Crippen LogP contribution in [0.3, 0.4) is 0 Å². The fourth-order valence-corrected chi connectivity index (χ4v) is 4.40. The Labute approximate surface area is 191 Å². The van der Waals surface area contributed by atoms with Crippen LogP contribution in [0.15, 0.2) is 52.8 Å². The number of hydrogen-bond donors (Lipinski definition) is 0. The van der Waals surface area contributed by atoms with Gasteiger partial charge in [0.1, 0.15) is 23.0 Å². The van der Waals surface area contributed by atoms with Crippen LogP contribution in [0.4, 0.5) is 13.6 Å². The number of hydrogen-bond acceptors (Lipinski definition) is 5. The number of aryl methyl sites for hydroxylation is 1. The smallest absolute Gasteiger partial charge is 0.436 e. The van der Waals surface area contributed by atoms with Gasteiger partial charge in [-0.05, 0) is 32.1 Å². The van der Waals surface area contributed by atoms with Crippen molar-refractivity contribution in [2.24, 2.45) is 7.05 Å². The summed E-state index contributed by atoms with van der Waals surface area (Å²) in [6.45, 7) is 3.19. The second-order valence-electron chi connectivity index (χ2n) is 8.32. The zero-order valence-corrected chi connectivity index (χ0v) is 18.6. The number of alkyl halides is 1. The van der Waals surface area contributed by atoms with E-state index in [9.17, 15) is 18.4 Å². The Bertz CT molecular complexity index is 1470. The van der Waals surface area contributed by atoms with Crippen LogP contribution in [0, 0.1) is 0 Å². The van der Waals surface area contributed by atoms with Gasteiger partial charge in [0.25, 0.3) is 5.56 Å². The quantitative estimate of drug-likeness (QED) is 0.526. The molecule has 0 saturated heterocycles. The molecule has 0 N–H and O–H groups in total. The van der Waals surface area contributed by atoms with Gasteiger partial charge in [-0.2, -0.15) is 9.78 Å². The molecule has 1 unspecified atom stereocenters. The topological polar surface area (TPSA) is 75.4 Å². The highest BCUT2D eigenvalue weighted by Crippen LogP contribution is 2.44. The number of aromatic nitrogens is 3. The van der Waals surface area contributed by atoms with Crippen LogP contribution >= 0.6 is 11.6 Å². The molecule has 0 fully saturated rings. The molecule has 7 nitrogen and oxygen atoms in total. The van der Waals surface area contributed by atoms with Gasteiger partial charge >= 0.3 is 6.09 Å². The second-order valence-corrected chi connectivity index (χ2v) is 8.73. The molecule has 1 aliphatic heterocycles. The van der Waals surface area contributed by atoms with E-state index in [1.807, 2.05) is 0 Å². The Morgan fingerprint density at radius 1 is 1.24 bits per heavy atom. The summed E-state index contributed by atoms with van der Waals surface area (Å²) in [5, 5.41) is 4.79. The van der Waals surface area contributed by atoms with E-state index in [1.54, 1.807) is 38.1 Å². The molecule has 1 aliphatic carbocycles. The van der Waals surface area contributed by atoms with Crippen LogP contribution in [0.1, 0.15) is 25.8 Å². The Hall–Kier alpha value is -3.46. The molecule has 0 radical (unpaired) electrons. The summed E-state index contributed by atoms with van der Waals surface area (Å²) in [5.41, 5.74) is -0.229. The Morgan fingerprint density at radius 3 is 2.67 bits per heavy atom. The Morgan fingerprint density at radius 2 is 1.97 bits per heavy atom. The van der Waals surface area contributed by atoms with Crippen molar-refractivity contribution in [2.45, 2.75) is 32.0 Å². The number of nitrogens with zero attached hydrogens (tertiary/aromatic N) is 3. The van der Waals surface area contributed by atoms with Gasteiger partial charge in [0, 0.05) is 19.0 Å². The Balaban J connectivity index is 1.85. The summed E-state index contributed by atoms with van der Waals surface area (Å²) in [7, 11) is 1.49. The average Bonchev–Trinajstić information content (AvgIpc) is 3.13. The minimum Gasteiger partial charge on any atom is -0.448 e. The van der Waals surface area contributed by atoms with Crippen molar-refractivity contribution in [3.8, 4) is 17.0 Å². The number of carbonyl (C=O) groups excluding carboxylic acids is 1. The maximum Gasteiger partial charge on any atom is 0.436 e. The molecule has 0 spiro atoms. The second kappa shape index (κ2) is 7.28. The van der Waals surface area contributed by atoms with Gasteiger partial charge in [0.2, 0.25) is 5.75 Å². The molecule has 0 amide bonds. The van der Waals surface area contributed by atoms with Crippen LogP contribution in [0.2, 0.25) is 5.02 Å². The number of allylic oxidation sites excluding steroid dienone is 3. The largest absolute Gasteiger partial charge is 0.448 e. The first kappa shape index (κ1) is 21.4. The third kappa shape index (κ3) is 3.18. The van der Waals surface area contributed by atoms with Crippen molar-refractivity contribution in [1.82, 2.24) is 14.3 Å². The molecule has 0 saturated carbocycles. The standard InChI is InChI=1S/C23H18ClF2N3O4/c1-23(2)16-18-19(17(27-29(18)22(31)33-23)12-6-4-5-7-13(12)24)28(3)21(30)20(16)32-15-9-8-11(25)10-14(15)26/h4-7,9-11H,8H2,1-3H3. The van der Waals surface area contributed by atoms with Crippen molar-refractivity contribution in [3.63, 3.8) is 0 Å². The van der Waals surface area contributed by atoms with Crippen molar-refractivity contribution >= 4 is 28.7 Å². The van der Waals surface area contributed by atoms with E-state index in [0.717, 1.165) is 10.8 Å². The van der Waals surface area contributed by atoms with Gasteiger partial charge in [-0.3, -0.25) is 4.79 Å². The van der Waals surface area contributed by atoms with Gasteiger partial charge in [0.05, 0.1) is 16.1 Å². The predicted molar refractivity (Wildman–Crippen MR) is 118 cm³/mol. The molecule has 1 atom stereocenters. The van der Waals surface area contributed by atoms with Crippen LogP contribution in [-0.4, -0.2) is 26.6 Å². The first-order valence-electron chi connectivity index (χ1n) is 10.1. The van der Waals surface area contributed by atoms with E-state index in [-0.39, 0.29) is 29.0 Å². The zero-order chi connectivity index (χ0) is 23.7. The predicted octanol–water partition coefficient (Wildman–Crippen LogP) is 5.15. The van der Waals surface area contributed by atoms with E-state index >= 15 is 0 Å². The van der Waals surface area contributed by atoms with Crippen LogP contribution in [0.25, 0.3) is 22.3 Å². The first-order valence-corrected chi connectivity index (χ1v) is 10.5. The average molecular weight is 474 g/mol. The van der Waals surface area contributed by atoms with Crippen molar-refractivity contribution in [1.29, 1.82) is 0 Å². The molecule has 0 bridgehead atoms. The fourth-order valence-electron chi connectivity index (χ4n) is 4.18. The van der Waals surface area contributed by atoms with E-state index in [1.165, 1.54) is 17.7 Å². The molecule has 2 aromatic heterocycles. The number of carbonyl (C=O) groups is 1. The number of pyridine rings is 1. The monoisotopic (exact) mass is 473 g/mol. The van der Waals surface area contributed by atoms with Crippen LogP contribution < -0.4 is 10.3 Å². The lowest BCUT2D eigenvalue weighted by Gasteiger charge is -2.32. The maximum atomic E-state index is 14.4. The highest BCUT2D eigenvalue weighted by Gasteiger charge is 2.42. The van der Waals surface area contributed by atoms with Crippen molar-refractivity contribution in [3.05, 3.63) is 68.9 Å². The van der Waals surface area contributed by atoms with Gasteiger partial charge in [0.15, 0.2) is 11.6 Å². The number of halogens is 3. The summed E-state index contributed by atoms with van der Waals surface area (Å²) in [6, 6.07) is 6.90. The van der Waals surface area contributed by atoms with Crippen molar-refractivity contribution in [2.75, 3.05) is 0 Å². The highest BCUT2D eigenvalue weighted by atomic mass is 35.5. The summed E-state index contributed by atoms with van der Waals surface area (Å²) < 4.78 is 41.5. The molecule has 10 heteroatoms. The highest BCUT2D eigenvalue weighted by molar-refractivity contribution is 6.33. The molecule has 1 aromatic carbocycles. The van der Waals surface area contributed by atoms with E-state index in [2.05, 4.69) is 5.10 Å². The summed E-state index contributed by atoms with van der Waals surface area (Å²) in [6.07, 6.45) is -0.283. The van der Waals surface area contributed by atoms with E-state index < -0.39 is 29.3 Å². The normalized spacial score (nSPS) is 19.2. The molecule has 3 aromatic rings. The minimum absolute atomic E-state index is 0.0897. The lowest BCUT2D eigenvalue weighted by Crippen LogP contribution is -2.37. The molecular weight excluding hydrogens is 456 g/mol. The summed E-state index contributed by atoms with van der Waals surface area (Å²) in [4.78, 5) is 26.3.